The van der Waals surface area contributed by atoms with E-state index in [9.17, 15) is 14.4 Å². The fourth-order valence-electron chi connectivity index (χ4n) is 2.15. The lowest BCUT2D eigenvalue weighted by Crippen LogP contribution is -2.26. The quantitative estimate of drug-likeness (QED) is 0.567. The molecule has 0 unspecified atom stereocenters. The number of amides is 2. The summed E-state index contributed by atoms with van der Waals surface area (Å²) in [5.41, 5.74) is 1.05. The van der Waals surface area contributed by atoms with Crippen molar-refractivity contribution in [3.8, 4) is 0 Å². The summed E-state index contributed by atoms with van der Waals surface area (Å²) in [5.74, 6) is -1.36. The first-order chi connectivity index (χ1) is 11.9. The molecule has 7 nitrogen and oxygen atoms in total. The number of rotatable bonds is 11. The van der Waals surface area contributed by atoms with Gasteiger partial charge in [0.1, 0.15) is 0 Å². The number of carbonyl (C=O) groups is 3. The van der Waals surface area contributed by atoms with E-state index in [4.69, 9.17) is 5.11 Å². The Hall–Kier alpha value is -2.41. The topological polar surface area (TPSA) is 98.7 Å². The van der Waals surface area contributed by atoms with E-state index in [1.54, 1.807) is 24.3 Å². The molecule has 7 heteroatoms. The number of benzene rings is 1. The van der Waals surface area contributed by atoms with Gasteiger partial charge in [0, 0.05) is 30.8 Å². The van der Waals surface area contributed by atoms with Crippen LogP contribution < -0.4 is 10.6 Å². The van der Waals surface area contributed by atoms with Gasteiger partial charge in [-0.2, -0.15) is 0 Å². The Bertz CT molecular complexity index is 572. The van der Waals surface area contributed by atoms with E-state index in [1.165, 1.54) is 0 Å². The third kappa shape index (κ3) is 8.85. The Balaban J connectivity index is 2.39. The maximum atomic E-state index is 11.9. The summed E-state index contributed by atoms with van der Waals surface area (Å²) < 4.78 is 0. The fraction of sp³-hybridized carbons (Fsp3) is 0.500. The van der Waals surface area contributed by atoms with E-state index in [2.05, 4.69) is 22.5 Å². The number of carbonyl (C=O) groups excluding carboxylic acids is 2. The van der Waals surface area contributed by atoms with Crippen molar-refractivity contribution >= 4 is 23.5 Å². The number of hydrogen-bond donors (Lipinski definition) is 3. The van der Waals surface area contributed by atoms with Gasteiger partial charge in [0.25, 0.3) is 5.91 Å². The van der Waals surface area contributed by atoms with Gasteiger partial charge in [-0.3, -0.25) is 14.4 Å². The molecule has 1 aromatic carbocycles. The molecule has 0 heterocycles. The molecule has 138 valence electrons. The smallest absolute Gasteiger partial charge is 0.305 e. The molecular weight excluding hydrogens is 322 g/mol. The van der Waals surface area contributed by atoms with Crippen LogP contribution in [0.15, 0.2) is 24.3 Å². The van der Waals surface area contributed by atoms with Crippen molar-refractivity contribution in [2.24, 2.45) is 0 Å². The number of aliphatic carboxylic acids is 1. The summed E-state index contributed by atoms with van der Waals surface area (Å²) in [5, 5.41) is 13.9. The van der Waals surface area contributed by atoms with Gasteiger partial charge in [-0.05, 0) is 44.3 Å². The molecule has 0 aliphatic carbocycles. The van der Waals surface area contributed by atoms with Crippen LogP contribution in [0.4, 0.5) is 5.69 Å². The molecule has 0 atom stereocenters. The van der Waals surface area contributed by atoms with Crippen molar-refractivity contribution in [2.75, 3.05) is 32.0 Å². The van der Waals surface area contributed by atoms with Crippen molar-refractivity contribution in [3.05, 3.63) is 29.8 Å². The molecule has 0 bridgehead atoms. The second-order valence-electron chi connectivity index (χ2n) is 5.93. The number of nitrogens with one attached hydrogen (secondary N) is 2. The normalized spacial score (nSPS) is 10.5. The predicted molar refractivity (Wildman–Crippen MR) is 96.7 cm³/mol. The zero-order valence-electron chi connectivity index (χ0n) is 14.9. The Kier molecular flexibility index (Phi) is 9.24. The van der Waals surface area contributed by atoms with Crippen LogP contribution in [0.25, 0.3) is 0 Å². The molecule has 1 aromatic rings. The first-order valence-corrected chi connectivity index (χ1v) is 8.50. The molecule has 0 fully saturated rings. The zero-order valence-corrected chi connectivity index (χ0v) is 14.9. The van der Waals surface area contributed by atoms with E-state index in [1.807, 2.05) is 7.05 Å². The second-order valence-corrected chi connectivity index (χ2v) is 5.93. The van der Waals surface area contributed by atoms with Crippen molar-refractivity contribution in [1.82, 2.24) is 10.2 Å². The van der Waals surface area contributed by atoms with Crippen LogP contribution in [-0.4, -0.2) is 54.5 Å². The first-order valence-electron chi connectivity index (χ1n) is 8.50. The zero-order chi connectivity index (χ0) is 18.7. The number of hydrogen-bond acceptors (Lipinski definition) is 4. The molecule has 0 saturated heterocycles. The fourth-order valence-corrected chi connectivity index (χ4v) is 2.15. The van der Waals surface area contributed by atoms with Gasteiger partial charge >= 0.3 is 5.97 Å². The molecule has 0 aliphatic heterocycles. The minimum Gasteiger partial charge on any atom is -0.481 e. The second kappa shape index (κ2) is 11.2. The Morgan fingerprint density at radius 3 is 2.36 bits per heavy atom. The molecule has 0 radical (unpaired) electrons. The predicted octanol–water partition coefficient (Wildman–Crippen LogP) is 1.95. The van der Waals surface area contributed by atoms with Gasteiger partial charge in [-0.25, -0.2) is 0 Å². The highest BCUT2D eigenvalue weighted by atomic mass is 16.4. The average molecular weight is 349 g/mol. The van der Waals surface area contributed by atoms with Crippen molar-refractivity contribution in [3.63, 3.8) is 0 Å². The molecule has 2 amide bonds. The molecule has 0 spiro atoms. The van der Waals surface area contributed by atoms with Crippen molar-refractivity contribution in [2.45, 2.75) is 32.6 Å². The van der Waals surface area contributed by atoms with Crippen LogP contribution in [0.1, 0.15) is 43.0 Å². The monoisotopic (exact) mass is 349 g/mol. The third-order valence-electron chi connectivity index (χ3n) is 3.67. The van der Waals surface area contributed by atoms with Gasteiger partial charge in [-0.1, -0.05) is 13.3 Å². The SMILES string of the molecule is CCCCN(C)CCC(=O)Nc1ccc(C(=O)NCCC(=O)O)cc1. The summed E-state index contributed by atoms with van der Waals surface area (Å²) in [6, 6.07) is 6.51. The standard InChI is InChI=1S/C18H27N3O4/c1-3-4-12-21(2)13-10-16(22)20-15-7-5-14(6-8-15)18(25)19-11-9-17(23)24/h5-8H,3-4,9-13H2,1-2H3,(H,19,25)(H,20,22)(H,23,24). The highest BCUT2D eigenvalue weighted by Gasteiger charge is 2.08. The molecule has 1 rings (SSSR count). The minimum absolute atomic E-state index is 0.0676. The van der Waals surface area contributed by atoms with E-state index < -0.39 is 5.97 Å². The summed E-state index contributed by atoms with van der Waals surface area (Å²) in [6.45, 7) is 3.90. The summed E-state index contributed by atoms with van der Waals surface area (Å²) >= 11 is 0. The van der Waals surface area contributed by atoms with Crippen LogP contribution in [0, 0.1) is 0 Å². The van der Waals surface area contributed by atoms with E-state index >= 15 is 0 Å². The Morgan fingerprint density at radius 2 is 1.76 bits per heavy atom. The number of anilines is 1. The van der Waals surface area contributed by atoms with Gasteiger partial charge in [0.05, 0.1) is 6.42 Å². The van der Waals surface area contributed by atoms with Gasteiger partial charge in [-0.15, -0.1) is 0 Å². The lowest BCUT2D eigenvalue weighted by atomic mass is 10.2. The van der Waals surface area contributed by atoms with Gasteiger partial charge in [0.15, 0.2) is 0 Å². The van der Waals surface area contributed by atoms with Crippen LogP contribution in [0.3, 0.4) is 0 Å². The van der Waals surface area contributed by atoms with Crippen molar-refractivity contribution < 1.29 is 19.5 Å². The minimum atomic E-state index is -0.960. The van der Waals surface area contributed by atoms with Gasteiger partial charge in [0.2, 0.25) is 5.91 Å². The van der Waals surface area contributed by atoms with E-state index in [0.29, 0.717) is 24.2 Å². The lowest BCUT2D eigenvalue weighted by molar-refractivity contribution is -0.136. The number of carboxylic acid groups (broad SMARTS) is 1. The summed E-state index contributed by atoms with van der Waals surface area (Å²) in [4.78, 5) is 36.3. The molecular formula is C18H27N3O4. The van der Waals surface area contributed by atoms with Crippen LogP contribution in [0.5, 0.6) is 0 Å². The molecule has 25 heavy (non-hydrogen) atoms. The Morgan fingerprint density at radius 1 is 1.08 bits per heavy atom. The Labute approximate surface area is 148 Å². The number of carboxylic acids is 1. The highest BCUT2D eigenvalue weighted by molar-refractivity contribution is 5.95. The highest BCUT2D eigenvalue weighted by Crippen LogP contribution is 2.10. The largest absolute Gasteiger partial charge is 0.481 e. The van der Waals surface area contributed by atoms with Crippen molar-refractivity contribution in [1.29, 1.82) is 0 Å². The first kappa shape index (κ1) is 20.6. The third-order valence-corrected chi connectivity index (χ3v) is 3.67. The van der Waals surface area contributed by atoms with Crippen LogP contribution >= 0.6 is 0 Å². The van der Waals surface area contributed by atoms with Crippen LogP contribution in [-0.2, 0) is 9.59 Å². The van der Waals surface area contributed by atoms with Gasteiger partial charge < -0.3 is 20.6 Å². The molecule has 0 aliphatic rings. The average Bonchev–Trinajstić information content (AvgIpc) is 2.58. The number of nitrogens with zero attached hydrogens (tertiary/aromatic N) is 1. The maximum absolute atomic E-state index is 11.9. The van der Waals surface area contributed by atoms with E-state index in [-0.39, 0.29) is 24.8 Å². The molecule has 0 aromatic heterocycles. The summed E-state index contributed by atoms with van der Waals surface area (Å²) in [6.07, 6.45) is 2.55. The lowest BCUT2D eigenvalue weighted by Gasteiger charge is -2.15. The van der Waals surface area contributed by atoms with E-state index in [0.717, 1.165) is 19.4 Å². The summed E-state index contributed by atoms with van der Waals surface area (Å²) in [7, 11) is 2.00. The molecule has 0 saturated carbocycles. The number of unbranched alkanes of at least 4 members (excludes halogenated alkanes) is 1. The van der Waals surface area contributed by atoms with Crippen LogP contribution in [0.2, 0.25) is 0 Å². The maximum Gasteiger partial charge on any atom is 0.305 e. The molecule has 3 N–H and O–H groups in total.